The van der Waals surface area contributed by atoms with Crippen molar-refractivity contribution in [3.63, 3.8) is 0 Å². The van der Waals surface area contributed by atoms with Gasteiger partial charge in [-0.15, -0.1) is 0 Å². The van der Waals surface area contributed by atoms with Crippen LogP contribution in [0.15, 0.2) is 29.2 Å². The van der Waals surface area contributed by atoms with E-state index in [1.165, 1.54) is 6.42 Å². The number of nitrogens with one attached hydrogen (secondary N) is 2. The van der Waals surface area contributed by atoms with Crippen LogP contribution in [-0.4, -0.2) is 41.1 Å². The zero-order chi connectivity index (χ0) is 15.3. The van der Waals surface area contributed by atoms with E-state index in [0.29, 0.717) is 17.5 Å². The highest BCUT2D eigenvalue weighted by atomic mass is 32.2. The molecule has 1 saturated heterocycles. The zero-order valence-electron chi connectivity index (χ0n) is 12.8. The maximum Gasteiger partial charge on any atom is 0.242 e. The van der Waals surface area contributed by atoms with Crippen LogP contribution in [0.5, 0.6) is 0 Å². The monoisotopic (exact) mass is 311 g/mol. The van der Waals surface area contributed by atoms with Gasteiger partial charge >= 0.3 is 0 Å². The smallest absolute Gasteiger partial charge is 0.242 e. The predicted octanol–water partition coefficient (Wildman–Crippen LogP) is 1.56. The van der Waals surface area contributed by atoms with Gasteiger partial charge in [-0.3, -0.25) is 0 Å². The molecule has 1 fully saturated rings. The predicted molar refractivity (Wildman–Crippen MR) is 86.2 cm³/mol. The third kappa shape index (κ3) is 3.75. The third-order valence-corrected chi connectivity index (χ3v) is 5.46. The second-order valence-corrected chi connectivity index (χ2v) is 7.11. The highest BCUT2D eigenvalue weighted by molar-refractivity contribution is 7.89. The number of para-hydroxylation sites is 1. The fourth-order valence-corrected chi connectivity index (χ4v) is 4.21. The molecular formula is C15H25N3O2S. The van der Waals surface area contributed by atoms with Crippen molar-refractivity contribution in [1.82, 2.24) is 10.0 Å². The van der Waals surface area contributed by atoms with Crippen molar-refractivity contribution >= 4 is 15.7 Å². The van der Waals surface area contributed by atoms with E-state index >= 15 is 0 Å². The van der Waals surface area contributed by atoms with Crippen molar-refractivity contribution in [2.75, 3.05) is 31.6 Å². The Balaban J connectivity index is 2.38. The number of anilines is 1. The van der Waals surface area contributed by atoms with Crippen molar-refractivity contribution in [2.45, 2.75) is 37.1 Å². The largest absolute Gasteiger partial charge is 0.366 e. The van der Waals surface area contributed by atoms with Crippen LogP contribution in [0.1, 0.15) is 26.2 Å². The molecule has 0 spiro atoms. The van der Waals surface area contributed by atoms with Crippen molar-refractivity contribution < 1.29 is 8.42 Å². The molecule has 0 amide bonds. The Morgan fingerprint density at radius 1 is 1.29 bits per heavy atom. The lowest BCUT2D eigenvalue weighted by Crippen LogP contribution is -2.45. The minimum atomic E-state index is -3.44. The summed E-state index contributed by atoms with van der Waals surface area (Å²) in [5, 5.41) is 3.21. The molecule has 2 rings (SSSR count). The number of hydrogen-bond donors (Lipinski definition) is 2. The Kier molecular flexibility index (Phi) is 5.61. The Morgan fingerprint density at radius 2 is 2.05 bits per heavy atom. The van der Waals surface area contributed by atoms with Crippen molar-refractivity contribution in [1.29, 1.82) is 0 Å². The van der Waals surface area contributed by atoms with Gasteiger partial charge in [0.1, 0.15) is 4.90 Å². The molecule has 6 heteroatoms. The van der Waals surface area contributed by atoms with Gasteiger partial charge in [0.25, 0.3) is 0 Å². The van der Waals surface area contributed by atoms with E-state index in [1.807, 2.05) is 19.2 Å². The number of hydrogen-bond acceptors (Lipinski definition) is 4. The van der Waals surface area contributed by atoms with Crippen molar-refractivity contribution in [2.24, 2.45) is 0 Å². The molecule has 0 radical (unpaired) electrons. The summed E-state index contributed by atoms with van der Waals surface area (Å²) in [6, 6.07) is 7.65. The van der Waals surface area contributed by atoms with Gasteiger partial charge < -0.3 is 10.2 Å². The van der Waals surface area contributed by atoms with E-state index in [2.05, 4.69) is 14.9 Å². The number of piperidine rings is 1. The van der Waals surface area contributed by atoms with Crippen molar-refractivity contribution in [3.8, 4) is 0 Å². The lowest BCUT2D eigenvalue weighted by atomic mass is 10.0. The van der Waals surface area contributed by atoms with E-state index < -0.39 is 10.0 Å². The van der Waals surface area contributed by atoms with E-state index in [4.69, 9.17) is 0 Å². The molecule has 118 valence electrons. The maximum atomic E-state index is 12.4. The van der Waals surface area contributed by atoms with E-state index in [0.717, 1.165) is 31.6 Å². The second-order valence-electron chi connectivity index (χ2n) is 5.37. The quantitative estimate of drug-likeness (QED) is 0.837. The van der Waals surface area contributed by atoms with E-state index in [-0.39, 0.29) is 0 Å². The first-order valence-electron chi connectivity index (χ1n) is 7.60. The third-order valence-electron chi connectivity index (χ3n) is 3.87. The van der Waals surface area contributed by atoms with Gasteiger partial charge in [0.05, 0.1) is 5.69 Å². The van der Waals surface area contributed by atoms with Crippen molar-refractivity contribution in [3.05, 3.63) is 24.3 Å². The van der Waals surface area contributed by atoms with Gasteiger partial charge in [0, 0.05) is 25.7 Å². The fourth-order valence-electron chi connectivity index (χ4n) is 2.96. The molecule has 2 N–H and O–H groups in total. The van der Waals surface area contributed by atoms with Crippen LogP contribution in [0.4, 0.5) is 5.69 Å². The summed E-state index contributed by atoms with van der Waals surface area (Å²) >= 11 is 0. The summed E-state index contributed by atoms with van der Waals surface area (Å²) in [6.07, 6.45) is 3.40. The standard InChI is InChI=1S/C15H25N3O2S/c1-3-17-21(19,20)15-10-5-4-9-14(15)18-11-7-6-8-13(18)12-16-2/h4-5,9-10,13,16-17H,3,6-8,11-12H2,1-2H3. The average molecular weight is 311 g/mol. The van der Waals surface area contributed by atoms with Crippen LogP contribution in [-0.2, 0) is 10.0 Å². The fraction of sp³-hybridized carbons (Fsp3) is 0.600. The molecule has 0 bridgehead atoms. The van der Waals surface area contributed by atoms with Gasteiger partial charge in [-0.1, -0.05) is 19.1 Å². The lowest BCUT2D eigenvalue weighted by Gasteiger charge is -2.38. The molecule has 0 saturated carbocycles. The molecule has 1 aromatic rings. The van der Waals surface area contributed by atoms with Crippen LogP contribution in [0.2, 0.25) is 0 Å². The Hall–Kier alpha value is -1.11. The van der Waals surface area contributed by atoms with Crippen LogP contribution < -0.4 is 14.9 Å². The summed E-state index contributed by atoms with van der Waals surface area (Å²) in [5.74, 6) is 0. The SMILES string of the molecule is CCNS(=O)(=O)c1ccccc1N1CCCCC1CNC. The molecule has 1 atom stereocenters. The summed E-state index contributed by atoms with van der Waals surface area (Å²) in [7, 11) is -1.50. The average Bonchev–Trinajstić information content (AvgIpc) is 2.48. The minimum absolute atomic E-state index is 0.349. The molecule has 1 heterocycles. The van der Waals surface area contributed by atoms with Gasteiger partial charge in [0.2, 0.25) is 10.0 Å². The van der Waals surface area contributed by atoms with Crippen LogP contribution in [0, 0.1) is 0 Å². The van der Waals surface area contributed by atoms with Crippen LogP contribution in [0.3, 0.4) is 0 Å². The van der Waals surface area contributed by atoms with Gasteiger partial charge in [-0.2, -0.15) is 0 Å². The molecule has 0 aromatic heterocycles. The highest BCUT2D eigenvalue weighted by Gasteiger charge is 2.27. The number of likely N-dealkylation sites (N-methyl/N-ethyl adjacent to an activating group) is 1. The maximum absolute atomic E-state index is 12.4. The lowest BCUT2D eigenvalue weighted by molar-refractivity contribution is 0.444. The van der Waals surface area contributed by atoms with E-state index in [9.17, 15) is 8.42 Å². The van der Waals surface area contributed by atoms with Crippen LogP contribution >= 0.6 is 0 Å². The molecule has 21 heavy (non-hydrogen) atoms. The zero-order valence-corrected chi connectivity index (χ0v) is 13.6. The number of rotatable bonds is 6. The Labute approximate surface area is 127 Å². The molecule has 0 aliphatic carbocycles. The Bertz CT molecular complexity index is 558. The minimum Gasteiger partial charge on any atom is -0.366 e. The summed E-state index contributed by atoms with van der Waals surface area (Å²) < 4.78 is 27.4. The normalized spacial score (nSPS) is 19.7. The van der Waals surface area contributed by atoms with Crippen LogP contribution in [0.25, 0.3) is 0 Å². The van der Waals surface area contributed by atoms with Gasteiger partial charge in [-0.25, -0.2) is 13.1 Å². The van der Waals surface area contributed by atoms with Gasteiger partial charge in [0.15, 0.2) is 0 Å². The van der Waals surface area contributed by atoms with E-state index in [1.54, 1.807) is 19.1 Å². The Morgan fingerprint density at radius 3 is 2.76 bits per heavy atom. The molecule has 5 nitrogen and oxygen atoms in total. The molecule has 1 aromatic carbocycles. The summed E-state index contributed by atoms with van der Waals surface area (Å²) in [6.45, 7) is 3.97. The second kappa shape index (κ2) is 7.24. The number of sulfonamides is 1. The number of nitrogens with zero attached hydrogens (tertiary/aromatic N) is 1. The first-order valence-corrected chi connectivity index (χ1v) is 9.08. The van der Waals surface area contributed by atoms with Gasteiger partial charge in [-0.05, 0) is 38.4 Å². The first kappa shape index (κ1) is 16.3. The first-order chi connectivity index (χ1) is 10.1. The summed E-state index contributed by atoms with van der Waals surface area (Å²) in [4.78, 5) is 2.62. The summed E-state index contributed by atoms with van der Waals surface area (Å²) in [5.41, 5.74) is 0.818. The molecule has 1 unspecified atom stereocenters. The topological polar surface area (TPSA) is 61.4 Å². The highest BCUT2D eigenvalue weighted by Crippen LogP contribution is 2.30. The number of benzene rings is 1. The molecule has 1 aliphatic rings. The molecular weight excluding hydrogens is 286 g/mol. The molecule has 1 aliphatic heterocycles.